The number of hydrogen-bond donors (Lipinski definition) is 0. The maximum Gasteiger partial charge on any atom is 0.0814 e. The molecule has 1 aliphatic heterocycles. The summed E-state index contributed by atoms with van der Waals surface area (Å²) < 4.78 is 11.1. The summed E-state index contributed by atoms with van der Waals surface area (Å²) in [5, 5.41) is 0. The molecule has 0 aliphatic carbocycles. The van der Waals surface area contributed by atoms with Gasteiger partial charge in [-0.1, -0.05) is 20.8 Å². The van der Waals surface area contributed by atoms with Crippen LogP contribution in [0.15, 0.2) is 0 Å². The topological polar surface area (TPSA) is 18.5 Å². The van der Waals surface area contributed by atoms with Crippen molar-refractivity contribution in [3.8, 4) is 0 Å². The second-order valence-corrected chi connectivity index (χ2v) is 3.80. The summed E-state index contributed by atoms with van der Waals surface area (Å²) in [5.74, 6) is 0.791. The molecular weight excluding hydrogens is 176 g/mol. The fraction of sp³-hybridized carbons (Fsp3) is 1.00. The van der Waals surface area contributed by atoms with E-state index >= 15 is 0 Å². The summed E-state index contributed by atoms with van der Waals surface area (Å²) in [4.78, 5) is 0. The lowest BCUT2D eigenvalue weighted by atomic mass is 9.94. The van der Waals surface area contributed by atoms with Crippen LogP contribution in [-0.4, -0.2) is 25.4 Å². The van der Waals surface area contributed by atoms with E-state index in [1.165, 1.54) is 6.42 Å². The predicted molar refractivity (Wildman–Crippen MR) is 60.6 cm³/mol. The van der Waals surface area contributed by atoms with Gasteiger partial charge in [0.15, 0.2) is 0 Å². The first-order valence-corrected chi connectivity index (χ1v) is 5.95. The number of ether oxygens (including phenoxy) is 2. The summed E-state index contributed by atoms with van der Waals surface area (Å²) in [7, 11) is 0. The van der Waals surface area contributed by atoms with Gasteiger partial charge in [0.2, 0.25) is 0 Å². The average Bonchev–Trinajstić information content (AvgIpc) is 2.16. The molecule has 1 heterocycles. The highest BCUT2D eigenvalue weighted by atomic mass is 16.5. The third kappa shape index (κ3) is 5.61. The van der Waals surface area contributed by atoms with Gasteiger partial charge in [-0.15, -0.1) is 0 Å². The number of hydrogen-bond acceptors (Lipinski definition) is 2. The van der Waals surface area contributed by atoms with Gasteiger partial charge in [-0.2, -0.15) is 0 Å². The lowest BCUT2D eigenvalue weighted by molar-refractivity contribution is -0.0918. The predicted octanol–water partition coefficient (Wildman–Crippen LogP) is 3.25. The zero-order valence-corrected chi connectivity index (χ0v) is 10.4. The van der Waals surface area contributed by atoms with Crippen LogP contribution in [-0.2, 0) is 9.47 Å². The van der Waals surface area contributed by atoms with Gasteiger partial charge in [-0.25, -0.2) is 0 Å². The first-order valence-electron chi connectivity index (χ1n) is 5.95. The van der Waals surface area contributed by atoms with E-state index < -0.39 is 0 Å². The standard InChI is InChI=1S/C10H20O2.C2H6/c1-4-11-7-10-6-8(2)5-9(3)12-10;1-2/h8-10H,4-7H2,1-3H3;1-2H3. The minimum atomic E-state index is 0.337. The van der Waals surface area contributed by atoms with Gasteiger partial charge in [0, 0.05) is 6.61 Å². The Morgan fingerprint density at radius 3 is 2.36 bits per heavy atom. The molecule has 2 nitrogen and oxygen atoms in total. The lowest BCUT2D eigenvalue weighted by Crippen LogP contribution is -2.33. The highest BCUT2D eigenvalue weighted by Gasteiger charge is 2.23. The maximum absolute atomic E-state index is 5.73. The van der Waals surface area contributed by atoms with Crippen molar-refractivity contribution in [3.05, 3.63) is 0 Å². The Balaban J connectivity index is 0.000000791. The van der Waals surface area contributed by atoms with Crippen molar-refractivity contribution in [1.82, 2.24) is 0 Å². The van der Waals surface area contributed by atoms with Crippen LogP contribution in [0.2, 0.25) is 0 Å². The molecule has 0 aromatic rings. The number of rotatable bonds is 3. The zero-order chi connectivity index (χ0) is 11.0. The van der Waals surface area contributed by atoms with Crippen LogP contribution in [0.3, 0.4) is 0 Å². The smallest absolute Gasteiger partial charge is 0.0814 e. The Morgan fingerprint density at radius 2 is 1.86 bits per heavy atom. The summed E-state index contributed by atoms with van der Waals surface area (Å²) in [6.45, 7) is 12.0. The van der Waals surface area contributed by atoms with E-state index in [1.807, 2.05) is 20.8 Å². The van der Waals surface area contributed by atoms with E-state index in [4.69, 9.17) is 9.47 Å². The normalized spacial score (nSPS) is 31.9. The molecule has 1 fully saturated rings. The molecule has 1 aliphatic rings. The molecule has 86 valence electrons. The Morgan fingerprint density at radius 1 is 1.21 bits per heavy atom. The van der Waals surface area contributed by atoms with Crippen molar-refractivity contribution < 1.29 is 9.47 Å². The molecule has 0 aromatic carbocycles. The van der Waals surface area contributed by atoms with Crippen LogP contribution in [0.4, 0.5) is 0 Å². The second kappa shape index (κ2) is 8.25. The molecule has 1 saturated heterocycles. The third-order valence-corrected chi connectivity index (χ3v) is 2.33. The molecule has 0 radical (unpaired) electrons. The van der Waals surface area contributed by atoms with Crippen LogP contribution in [0.25, 0.3) is 0 Å². The Hall–Kier alpha value is -0.0800. The molecule has 0 saturated carbocycles. The fourth-order valence-electron chi connectivity index (χ4n) is 1.91. The molecule has 14 heavy (non-hydrogen) atoms. The monoisotopic (exact) mass is 202 g/mol. The zero-order valence-electron chi connectivity index (χ0n) is 10.4. The van der Waals surface area contributed by atoms with Crippen LogP contribution in [0, 0.1) is 5.92 Å². The molecule has 1 rings (SSSR count). The van der Waals surface area contributed by atoms with Gasteiger partial charge in [0.25, 0.3) is 0 Å². The van der Waals surface area contributed by atoms with Crippen LogP contribution >= 0.6 is 0 Å². The van der Waals surface area contributed by atoms with Crippen LogP contribution < -0.4 is 0 Å². The summed E-state index contributed by atoms with van der Waals surface area (Å²) in [5.41, 5.74) is 0. The van der Waals surface area contributed by atoms with Crippen molar-refractivity contribution in [3.63, 3.8) is 0 Å². The van der Waals surface area contributed by atoms with E-state index in [2.05, 4.69) is 13.8 Å². The van der Waals surface area contributed by atoms with E-state index in [-0.39, 0.29) is 0 Å². The largest absolute Gasteiger partial charge is 0.379 e. The summed E-state index contributed by atoms with van der Waals surface area (Å²) in [6, 6.07) is 0. The Kier molecular flexibility index (Phi) is 8.20. The van der Waals surface area contributed by atoms with Gasteiger partial charge < -0.3 is 9.47 Å². The van der Waals surface area contributed by atoms with Gasteiger partial charge in [-0.3, -0.25) is 0 Å². The second-order valence-electron chi connectivity index (χ2n) is 3.80. The first kappa shape index (κ1) is 13.9. The molecule has 0 amide bonds. The molecule has 0 spiro atoms. The Labute approximate surface area is 89.0 Å². The summed E-state index contributed by atoms with van der Waals surface area (Å²) >= 11 is 0. The van der Waals surface area contributed by atoms with Crippen molar-refractivity contribution in [2.24, 2.45) is 5.92 Å². The molecule has 3 atom stereocenters. The van der Waals surface area contributed by atoms with Gasteiger partial charge in [-0.05, 0) is 32.6 Å². The van der Waals surface area contributed by atoms with Gasteiger partial charge in [0.05, 0.1) is 18.8 Å². The molecule has 0 aromatic heterocycles. The van der Waals surface area contributed by atoms with Gasteiger partial charge >= 0.3 is 0 Å². The molecular formula is C12H26O2. The lowest BCUT2D eigenvalue weighted by Gasteiger charge is -2.31. The minimum absolute atomic E-state index is 0.337. The highest BCUT2D eigenvalue weighted by molar-refractivity contribution is 4.72. The van der Waals surface area contributed by atoms with E-state index in [1.54, 1.807) is 0 Å². The molecule has 2 heteroatoms. The van der Waals surface area contributed by atoms with E-state index in [0.717, 1.165) is 25.6 Å². The average molecular weight is 202 g/mol. The van der Waals surface area contributed by atoms with Crippen molar-refractivity contribution in [1.29, 1.82) is 0 Å². The molecule has 0 bridgehead atoms. The molecule has 0 N–H and O–H groups in total. The van der Waals surface area contributed by atoms with Gasteiger partial charge in [0.1, 0.15) is 0 Å². The highest BCUT2D eigenvalue weighted by Crippen LogP contribution is 2.24. The Bertz CT molecular complexity index is 115. The summed E-state index contributed by atoms with van der Waals surface area (Å²) in [6.07, 6.45) is 3.11. The van der Waals surface area contributed by atoms with Crippen molar-refractivity contribution >= 4 is 0 Å². The van der Waals surface area contributed by atoms with Crippen LogP contribution in [0.5, 0.6) is 0 Å². The maximum atomic E-state index is 5.73. The van der Waals surface area contributed by atoms with Crippen molar-refractivity contribution in [2.75, 3.05) is 13.2 Å². The molecule has 3 unspecified atom stereocenters. The van der Waals surface area contributed by atoms with Crippen molar-refractivity contribution in [2.45, 2.75) is 59.7 Å². The fourth-order valence-corrected chi connectivity index (χ4v) is 1.91. The van der Waals surface area contributed by atoms with E-state index in [0.29, 0.717) is 12.2 Å². The quantitative estimate of drug-likeness (QED) is 0.699. The SMILES string of the molecule is CC.CCOCC1CC(C)CC(C)O1. The van der Waals surface area contributed by atoms with Crippen LogP contribution in [0.1, 0.15) is 47.5 Å². The van der Waals surface area contributed by atoms with E-state index in [9.17, 15) is 0 Å². The third-order valence-electron chi connectivity index (χ3n) is 2.33. The first-order chi connectivity index (χ1) is 6.72. The minimum Gasteiger partial charge on any atom is -0.379 e.